The van der Waals surface area contributed by atoms with Crippen LogP contribution < -0.4 is 5.32 Å². The highest BCUT2D eigenvalue weighted by atomic mass is 35.5. The highest BCUT2D eigenvalue weighted by Crippen LogP contribution is 2.27. The number of halogens is 4. The maximum Gasteiger partial charge on any atom is 0.417 e. The Labute approximate surface area is 66.5 Å². The van der Waals surface area contributed by atoms with Crippen LogP contribution in [0.5, 0.6) is 0 Å². The van der Waals surface area contributed by atoms with Gasteiger partial charge in [-0.2, -0.15) is 13.2 Å². The van der Waals surface area contributed by atoms with Crippen LogP contribution in [-0.4, -0.2) is 11.7 Å². The van der Waals surface area contributed by atoms with Crippen LogP contribution in [0.4, 0.5) is 13.2 Å². The summed E-state index contributed by atoms with van der Waals surface area (Å²) in [6.45, 7) is 0. The fraction of sp³-hybridized carbons (Fsp3) is 0.333. The number of alkyl halides is 4. The second-order valence-corrected chi connectivity index (χ2v) is 2.50. The molecule has 0 aromatic carbocycles. The number of rotatable bonds is 0. The molecule has 1 nitrogen and oxygen atoms in total. The van der Waals surface area contributed by atoms with E-state index in [4.69, 9.17) is 11.6 Å². The lowest BCUT2D eigenvalue weighted by molar-refractivity contribution is -0.0887. The Kier molecular flexibility index (Phi) is 2.13. The minimum Gasteiger partial charge on any atom is -0.372 e. The average Bonchev–Trinajstić information content (AvgIpc) is 1.86. The van der Waals surface area contributed by atoms with Gasteiger partial charge in [-0.1, -0.05) is 11.6 Å². The van der Waals surface area contributed by atoms with Gasteiger partial charge in [-0.25, -0.2) is 0 Å². The minimum absolute atomic E-state index is 0.541. The van der Waals surface area contributed by atoms with Crippen molar-refractivity contribution in [2.24, 2.45) is 0 Å². The van der Waals surface area contributed by atoms with Crippen LogP contribution in [-0.2, 0) is 0 Å². The zero-order valence-corrected chi connectivity index (χ0v) is 6.08. The zero-order valence-electron chi connectivity index (χ0n) is 5.32. The summed E-state index contributed by atoms with van der Waals surface area (Å²) in [5.74, 6) is 0. The molecule has 0 saturated heterocycles. The molecule has 1 aliphatic rings. The van der Waals surface area contributed by atoms with Crippen LogP contribution in [0, 0.1) is 0 Å². The normalized spacial score (nSPS) is 24.4. The molecule has 0 bridgehead atoms. The van der Waals surface area contributed by atoms with Gasteiger partial charge in [0.1, 0.15) is 5.50 Å². The number of hydrogen-bond acceptors (Lipinski definition) is 1. The topological polar surface area (TPSA) is 12.0 Å². The van der Waals surface area contributed by atoms with E-state index in [2.05, 4.69) is 5.32 Å². The second-order valence-electron chi connectivity index (χ2n) is 2.02. The Bertz CT molecular complexity index is 206. The fourth-order valence-electron chi connectivity index (χ4n) is 0.638. The van der Waals surface area contributed by atoms with Crippen molar-refractivity contribution in [3.8, 4) is 0 Å². The molecule has 5 heteroatoms. The summed E-state index contributed by atoms with van der Waals surface area (Å²) in [5.41, 5.74) is -1.25. The third-order valence-electron chi connectivity index (χ3n) is 1.17. The first kappa shape index (κ1) is 8.46. The smallest absolute Gasteiger partial charge is 0.372 e. The van der Waals surface area contributed by atoms with Gasteiger partial charge in [-0.05, 0) is 12.2 Å². The Morgan fingerprint density at radius 1 is 1.45 bits per heavy atom. The van der Waals surface area contributed by atoms with Crippen molar-refractivity contribution in [3.63, 3.8) is 0 Å². The second kappa shape index (κ2) is 2.77. The van der Waals surface area contributed by atoms with Crippen molar-refractivity contribution in [1.82, 2.24) is 5.32 Å². The molecule has 11 heavy (non-hydrogen) atoms. The molecule has 0 saturated carbocycles. The van der Waals surface area contributed by atoms with Gasteiger partial charge in [-0.15, -0.1) is 0 Å². The van der Waals surface area contributed by atoms with Crippen molar-refractivity contribution < 1.29 is 13.2 Å². The van der Waals surface area contributed by atoms with Crippen molar-refractivity contribution in [3.05, 3.63) is 23.9 Å². The van der Waals surface area contributed by atoms with Gasteiger partial charge < -0.3 is 5.32 Å². The zero-order chi connectivity index (χ0) is 8.48. The molecular formula is C6H5ClF3N. The predicted octanol–water partition coefficient (Wildman–Crippen LogP) is 2.16. The summed E-state index contributed by atoms with van der Waals surface area (Å²) in [7, 11) is 0. The van der Waals surface area contributed by atoms with Gasteiger partial charge in [0.05, 0.1) is 5.57 Å². The van der Waals surface area contributed by atoms with Crippen LogP contribution in [0.2, 0.25) is 0 Å². The summed E-state index contributed by atoms with van der Waals surface area (Å²) >= 11 is 5.42. The first-order chi connectivity index (χ1) is 5.00. The average molecular weight is 184 g/mol. The third-order valence-corrected chi connectivity index (χ3v) is 1.44. The number of allylic oxidation sites excluding steroid dienone is 2. The Morgan fingerprint density at radius 3 is 2.45 bits per heavy atom. The van der Waals surface area contributed by atoms with E-state index in [1.54, 1.807) is 0 Å². The van der Waals surface area contributed by atoms with Crippen molar-refractivity contribution in [1.29, 1.82) is 0 Å². The molecule has 0 spiro atoms. The van der Waals surface area contributed by atoms with Gasteiger partial charge in [0.25, 0.3) is 0 Å². The van der Waals surface area contributed by atoms with Crippen LogP contribution in [0.3, 0.4) is 0 Å². The van der Waals surface area contributed by atoms with Gasteiger partial charge in [0, 0.05) is 6.20 Å². The first-order valence-electron chi connectivity index (χ1n) is 2.86. The molecule has 1 rings (SSSR count). The molecule has 1 heterocycles. The monoisotopic (exact) mass is 183 g/mol. The largest absolute Gasteiger partial charge is 0.417 e. The lowest BCUT2D eigenvalue weighted by Gasteiger charge is -2.14. The van der Waals surface area contributed by atoms with E-state index in [1.807, 2.05) is 0 Å². The molecule has 0 aromatic rings. The molecule has 0 amide bonds. The van der Waals surface area contributed by atoms with Gasteiger partial charge in [-0.3, -0.25) is 0 Å². The van der Waals surface area contributed by atoms with Crippen molar-refractivity contribution in [2.45, 2.75) is 11.7 Å². The van der Waals surface area contributed by atoms with Crippen LogP contribution >= 0.6 is 11.6 Å². The summed E-state index contributed by atoms with van der Waals surface area (Å²) < 4.78 is 35.6. The number of dihydropyridines is 1. The summed E-state index contributed by atoms with van der Waals surface area (Å²) in [6.07, 6.45) is -1.24. The maximum absolute atomic E-state index is 11.9. The lowest BCUT2D eigenvalue weighted by Crippen LogP contribution is -2.23. The summed E-state index contributed by atoms with van der Waals surface area (Å²) in [4.78, 5) is 0. The molecule has 0 aromatic heterocycles. The Hall–Kier alpha value is -0.640. The van der Waals surface area contributed by atoms with E-state index in [1.165, 1.54) is 6.08 Å². The van der Waals surface area contributed by atoms with E-state index in [0.717, 1.165) is 12.3 Å². The van der Waals surface area contributed by atoms with E-state index < -0.39 is 17.3 Å². The summed E-state index contributed by atoms with van der Waals surface area (Å²) in [6, 6.07) is 0. The number of nitrogens with one attached hydrogen (secondary N) is 1. The molecule has 62 valence electrons. The van der Waals surface area contributed by atoms with Gasteiger partial charge in [0.15, 0.2) is 0 Å². The molecular weight excluding hydrogens is 179 g/mol. The first-order valence-corrected chi connectivity index (χ1v) is 3.29. The predicted molar refractivity (Wildman–Crippen MR) is 36.1 cm³/mol. The Balaban J connectivity index is 2.71. The summed E-state index contributed by atoms with van der Waals surface area (Å²) in [5, 5.41) is 2.34. The third kappa shape index (κ3) is 2.15. The molecule has 0 radical (unpaired) electrons. The fourth-order valence-corrected chi connectivity index (χ4v) is 0.773. The van der Waals surface area contributed by atoms with E-state index in [-0.39, 0.29) is 0 Å². The lowest BCUT2D eigenvalue weighted by atomic mass is 10.2. The highest BCUT2D eigenvalue weighted by Gasteiger charge is 2.32. The van der Waals surface area contributed by atoms with Crippen LogP contribution in [0.15, 0.2) is 23.9 Å². The number of hydrogen-bond donors (Lipinski definition) is 1. The van der Waals surface area contributed by atoms with Crippen molar-refractivity contribution >= 4 is 11.6 Å². The molecule has 1 atom stereocenters. The molecule has 1 aliphatic heterocycles. The van der Waals surface area contributed by atoms with Crippen LogP contribution in [0.1, 0.15) is 0 Å². The molecule has 1 N–H and O–H groups in total. The van der Waals surface area contributed by atoms with E-state index >= 15 is 0 Å². The van der Waals surface area contributed by atoms with Crippen LogP contribution in [0.25, 0.3) is 0 Å². The van der Waals surface area contributed by atoms with Gasteiger partial charge in [0.2, 0.25) is 0 Å². The maximum atomic E-state index is 11.9. The standard InChI is InChI=1S/C6H5ClF3N/c7-5-2-1-4(3-11-5)6(8,9)10/h1-3,5,11H. The highest BCUT2D eigenvalue weighted by molar-refractivity contribution is 6.21. The SMILES string of the molecule is FC(F)(F)C1=CNC(Cl)C=C1. The molecule has 0 aliphatic carbocycles. The Morgan fingerprint density at radius 2 is 2.09 bits per heavy atom. The molecule has 1 unspecified atom stereocenters. The van der Waals surface area contributed by atoms with Crippen molar-refractivity contribution in [2.75, 3.05) is 0 Å². The molecule has 0 fully saturated rings. The quantitative estimate of drug-likeness (QED) is 0.448. The van der Waals surface area contributed by atoms with E-state index in [0.29, 0.717) is 0 Å². The minimum atomic E-state index is -4.29. The van der Waals surface area contributed by atoms with Gasteiger partial charge >= 0.3 is 6.18 Å². The van der Waals surface area contributed by atoms with E-state index in [9.17, 15) is 13.2 Å².